The molecule has 4 N–H and O–H groups in total. The maximum absolute atomic E-state index is 14.1. The summed E-state index contributed by atoms with van der Waals surface area (Å²) in [4.78, 5) is 7.71. The maximum atomic E-state index is 14.1. The molecule has 0 radical (unpaired) electrons. The minimum Gasteiger partial charge on any atom is -0.382 e. The lowest BCUT2D eigenvalue weighted by Gasteiger charge is -2.17. The Kier molecular flexibility index (Phi) is 5.66. The summed E-state index contributed by atoms with van der Waals surface area (Å²) in [6, 6.07) is 2.57. The van der Waals surface area contributed by atoms with Crippen molar-refractivity contribution in [3.05, 3.63) is 35.3 Å². The second-order valence-corrected chi connectivity index (χ2v) is 6.45. The predicted molar refractivity (Wildman–Crippen MR) is 100 cm³/mol. The number of anilines is 4. The van der Waals surface area contributed by atoms with Crippen LogP contribution in [0.1, 0.15) is 37.3 Å². The van der Waals surface area contributed by atoms with Crippen LogP contribution in [0.15, 0.2) is 18.3 Å². The van der Waals surface area contributed by atoms with Crippen molar-refractivity contribution < 1.29 is 17.6 Å². The molecule has 1 heterocycles. The standard InChI is InChI=1S/C18H20F4N6/c1-2-7-24-15-11(8-23)14(6-5-13(15)19)27-17-25-9-12(18(20,21)22)16(28-17)26-10-3-4-10/h5-6,8-10,23-24H,2-4,7H2,1H3,(H2,25,26,27,28). The summed E-state index contributed by atoms with van der Waals surface area (Å²) in [6.45, 7) is 2.43. The molecule has 0 saturated heterocycles. The van der Waals surface area contributed by atoms with Gasteiger partial charge in [-0.15, -0.1) is 0 Å². The molecule has 1 aromatic carbocycles. The quantitative estimate of drug-likeness (QED) is 0.381. The van der Waals surface area contributed by atoms with Crippen molar-refractivity contribution in [2.75, 3.05) is 22.5 Å². The normalized spacial score (nSPS) is 13.9. The largest absolute Gasteiger partial charge is 0.421 e. The first-order valence-electron chi connectivity index (χ1n) is 8.88. The summed E-state index contributed by atoms with van der Waals surface area (Å²) >= 11 is 0. The Bertz CT molecular complexity index is 864. The fourth-order valence-electron chi connectivity index (χ4n) is 2.58. The van der Waals surface area contributed by atoms with Crippen LogP contribution < -0.4 is 16.0 Å². The zero-order valence-corrected chi connectivity index (χ0v) is 15.1. The van der Waals surface area contributed by atoms with E-state index in [1.165, 1.54) is 12.1 Å². The molecule has 1 aromatic heterocycles. The monoisotopic (exact) mass is 396 g/mol. The maximum Gasteiger partial charge on any atom is 0.421 e. The molecule has 28 heavy (non-hydrogen) atoms. The van der Waals surface area contributed by atoms with Gasteiger partial charge in [0, 0.05) is 30.6 Å². The summed E-state index contributed by atoms with van der Waals surface area (Å²) in [5.74, 6) is -0.899. The number of aromatic nitrogens is 2. The molecule has 0 amide bonds. The van der Waals surface area contributed by atoms with Crippen LogP contribution >= 0.6 is 0 Å². The molecule has 0 bridgehead atoms. The van der Waals surface area contributed by atoms with Gasteiger partial charge in [-0.3, -0.25) is 0 Å². The summed E-state index contributed by atoms with van der Waals surface area (Å²) in [6.07, 6.45) is -0.574. The fourth-order valence-corrected chi connectivity index (χ4v) is 2.58. The summed E-state index contributed by atoms with van der Waals surface area (Å²) in [7, 11) is 0. The number of hydrogen-bond donors (Lipinski definition) is 4. The Morgan fingerprint density at radius 3 is 2.64 bits per heavy atom. The molecule has 10 heteroatoms. The van der Waals surface area contributed by atoms with E-state index < -0.39 is 17.6 Å². The van der Waals surface area contributed by atoms with Gasteiger partial charge in [0.05, 0.1) is 11.4 Å². The van der Waals surface area contributed by atoms with E-state index >= 15 is 0 Å². The highest BCUT2D eigenvalue weighted by molar-refractivity contribution is 5.94. The van der Waals surface area contributed by atoms with Gasteiger partial charge in [-0.05, 0) is 31.4 Å². The Balaban J connectivity index is 1.94. The van der Waals surface area contributed by atoms with Gasteiger partial charge in [-0.2, -0.15) is 18.2 Å². The zero-order chi connectivity index (χ0) is 20.3. The van der Waals surface area contributed by atoms with Crippen LogP contribution in [0, 0.1) is 11.2 Å². The van der Waals surface area contributed by atoms with Crippen LogP contribution in [0.25, 0.3) is 0 Å². The first-order valence-corrected chi connectivity index (χ1v) is 8.88. The van der Waals surface area contributed by atoms with Crippen molar-refractivity contribution >= 4 is 29.4 Å². The molecule has 0 unspecified atom stereocenters. The van der Waals surface area contributed by atoms with Crippen molar-refractivity contribution in [1.29, 1.82) is 5.41 Å². The van der Waals surface area contributed by atoms with E-state index in [2.05, 4.69) is 25.9 Å². The molecule has 0 spiro atoms. The Morgan fingerprint density at radius 2 is 2.04 bits per heavy atom. The molecular weight excluding hydrogens is 376 g/mol. The van der Waals surface area contributed by atoms with Crippen molar-refractivity contribution in [1.82, 2.24) is 9.97 Å². The number of nitrogens with one attached hydrogen (secondary N) is 4. The van der Waals surface area contributed by atoms with Gasteiger partial charge >= 0.3 is 6.18 Å². The smallest absolute Gasteiger partial charge is 0.382 e. The summed E-state index contributed by atoms with van der Waals surface area (Å²) < 4.78 is 53.7. The second kappa shape index (κ2) is 7.99. The van der Waals surface area contributed by atoms with E-state index in [0.29, 0.717) is 18.4 Å². The van der Waals surface area contributed by atoms with Gasteiger partial charge in [0.2, 0.25) is 5.95 Å². The van der Waals surface area contributed by atoms with Crippen molar-refractivity contribution in [3.63, 3.8) is 0 Å². The molecule has 1 saturated carbocycles. The van der Waals surface area contributed by atoms with Crippen LogP contribution in [0.2, 0.25) is 0 Å². The minimum absolute atomic E-state index is 0.0309. The van der Waals surface area contributed by atoms with Crippen LogP contribution in [-0.4, -0.2) is 28.8 Å². The van der Waals surface area contributed by atoms with Gasteiger partial charge in [0.25, 0.3) is 0 Å². The lowest BCUT2D eigenvalue weighted by atomic mass is 10.1. The van der Waals surface area contributed by atoms with E-state index in [1.54, 1.807) is 0 Å². The van der Waals surface area contributed by atoms with Gasteiger partial charge in [0.15, 0.2) is 0 Å². The summed E-state index contributed by atoms with van der Waals surface area (Å²) in [5.41, 5.74) is -0.257. The average Bonchev–Trinajstić information content (AvgIpc) is 3.45. The van der Waals surface area contributed by atoms with Crippen molar-refractivity contribution in [3.8, 4) is 0 Å². The number of halogens is 4. The van der Waals surface area contributed by atoms with Crippen molar-refractivity contribution in [2.45, 2.75) is 38.4 Å². The van der Waals surface area contributed by atoms with Crippen LogP contribution in [0.4, 0.5) is 40.7 Å². The minimum atomic E-state index is -4.58. The highest BCUT2D eigenvalue weighted by atomic mass is 19.4. The second-order valence-electron chi connectivity index (χ2n) is 6.45. The number of rotatable bonds is 8. The molecule has 150 valence electrons. The van der Waals surface area contributed by atoms with E-state index in [1.807, 2.05) is 6.92 Å². The number of hydrogen-bond acceptors (Lipinski definition) is 6. The zero-order valence-electron chi connectivity index (χ0n) is 15.1. The Labute approximate surface area is 159 Å². The third kappa shape index (κ3) is 4.49. The number of nitrogens with zero attached hydrogens (tertiary/aromatic N) is 2. The van der Waals surface area contributed by atoms with E-state index in [9.17, 15) is 17.6 Å². The predicted octanol–water partition coefficient (Wildman–Crippen LogP) is 4.77. The lowest BCUT2D eigenvalue weighted by Crippen LogP contribution is -2.15. The fraction of sp³-hybridized carbons (Fsp3) is 0.389. The SMILES string of the molecule is CCCNc1c(F)ccc(Nc2ncc(C(F)(F)F)c(NC3CC3)n2)c1C=N. The molecular formula is C18H20F4N6. The lowest BCUT2D eigenvalue weighted by molar-refractivity contribution is -0.137. The van der Waals surface area contributed by atoms with Crippen molar-refractivity contribution in [2.24, 2.45) is 0 Å². The molecule has 0 atom stereocenters. The topological polar surface area (TPSA) is 85.7 Å². The van der Waals surface area contributed by atoms with Gasteiger partial charge in [-0.25, -0.2) is 9.37 Å². The molecule has 1 aliphatic rings. The molecule has 6 nitrogen and oxygen atoms in total. The first-order chi connectivity index (χ1) is 13.3. The highest BCUT2D eigenvalue weighted by Gasteiger charge is 2.37. The average molecular weight is 396 g/mol. The van der Waals surface area contributed by atoms with E-state index in [4.69, 9.17) is 5.41 Å². The number of alkyl halides is 3. The third-order valence-electron chi connectivity index (χ3n) is 4.15. The van der Waals surface area contributed by atoms with Gasteiger partial charge in [-0.1, -0.05) is 6.92 Å². The first kappa shape index (κ1) is 19.8. The Hall–Kier alpha value is -2.91. The molecule has 1 aliphatic carbocycles. The van der Waals surface area contributed by atoms with Crippen LogP contribution in [0.3, 0.4) is 0 Å². The van der Waals surface area contributed by atoms with Crippen LogP contribution in [-0.2, 0) is 6.18 Å². The third-order valence-corrected chi connectivity index (χ3v) is 4.15. The van der Waals surface area contributed by atoms with Crippen LogP contribution in [0.5, 0.6) is 0 Å². The molecule has 2 aromatic rings. The highest BCUT2D eigenvalue weighted by Crippen LogP contribution is 2.36. The Morgan fingerprint density at radius 1 is 1.29 bits per heavy atom. The molecule has 3 rings (SSSR count). The summed E-state index contributed by atoms with van der Waals surface area (Å²) in [5, 5.41) is 16.1. The molecule has 0 aliphatic heterocycles. The van der Waals surface area contributed by atoms with E-state index in [0.717, 1.165) is 25.5 Å². The van der Waals surface area contributed by atoms with E-state index in [-0.39, 0.29) is 29.1 Å². The van der Waals surface area contributed by atoms with Gasteiger partial charge in [0.1, 0.15) is 17.2 Å². The molecule has 1 fully saturated rings. The number of benzene rings is 1. The van der Waals surface area contributed by atoms with Gasteiger partial charge < -0.3 is 21.4 Å².